The minimum absolute atomic E-state index is 0.0931. The summed E-state index contributed by atoms with van der Waals surface area (Å²) < 4.78 is 10.8. The fourth-order valence-electron chi connectivity index (χ4n) is 2.84. The Labute approximate surface area is 130 Å². The van der Waals surface area contributed by atoms with Crippen LogP contribution < -0.4 is 0 Å². The summed E-state index contributed by atoms with van der Waals surface area (Å²) in [7, 11) is 1.40. The Hall–Kier alpha value is -2.55. The number of benzene rings is 2. The van der Waals surface area contributed by atoms with E-state index in [1.807, 2.05) is 48.5 Å². The molecule has 1 aliphatic heterocycles. The zero-order valence-electron chi connectivity index (χ0n) is 12.5. The van der Waals surface area contributed by atoms with E-state index in [1.54, 1.807) is 0 Å². The van der Waals surface area contributed by atoms with Crippen LogP contribution in [0.5, 0.6) is 0 Å². The Bertz CT molecular complexity index is 674. The zero-order valence-corrected chi connectivity index (χ0v) is 12.5. The van der Waals surface area contributed by atoms with Crippen molar-refractivity contribution in [1.29, 1.82) is 0 Å². The van der Waals surface area contributed by atoms with Gasteiger partial charge in [0.25, 0.3) is 0 Å². The van der Waals surface area contributed by atoms with Crippen LogP contribution in [0.2, 0.25) is 0 Å². The first-order chi connectivity index (χ1) is 10.8. The summed E-state index contributed by atoms with van der Waals surface area (Å²) in [4.78, 5) is 12.3. The van der Waals surface area contributed by atoms with Crippen LogP contribution in [-0.4, -0.2) is 19.7 Å². The van der Waals surface area contributed by atoms with Crippen LogP contribution in [0.3, 0.4) is 0 Å². The molecule has 0 radical (unpaired) electrons. The van der Waals surface area contributed by atoms with E-state index in [0.29, 0.717) is 17.9 Å². The highest BCUT2D eigenvalue weighted by Crippen LogP contribution is 2.39. The average molecular weight is 294 g/mol. The summed E-state index contributed by atoms with van der Waals surface area (Å²) in [6.07, 6.45) is 0.868. The van der Waals surface area contributed by atoms with E-state index < -0.39 is 0 Å². The second-order valence-corrected chi connectivity index (χ2v) is 5.20. The number of esters is 1. The maximum Gasteiger partial charge on any atom is 0.341 e. The average Bonchev–Trinajstić information content (AvgIpc) is 3.06. The largest absolute Gasteiger partial charge is 0.496 e. The first-order valence-electron chi connectivity index (χ1n) is 7.37. The molecule has 1 aliphatic rings. The molecule has 0 amide bonds. The fourth-order valence-corrected chi connectivity index (χ4v) is 2.84. The highest BCUT2D eigenvalue weighted by molar-refractivity contribution is 6.17. The van der Waals surface area contributed by atoms with Crippen molar-refractivity contribution in [2.45, 2.75) is 12.3 Å². The quantitative estimate of drug-likeness (QED) is 0.638. The van der Waals surface area contributed by atoms with Crippen molar-refractivity contribution in [3.05, 3.63) is 77.5 Å². The maximum atomic E-state index is 12.3. The molecule has 2 aromatic rings. The fraction of sp³-hybridized carbons (Fsp3) is 0.211. The van der Waals surface area contributed by atoms with Gasteiger partial charge in [-0.15, -0.1) is 0 Å². The van der Waals surface area contributed by atoms with Crippen LogP contribution in [0.15, 0.2) is 66.4 Å². The molecule has 0 aromatic heterocycles. The van der Waals surface area contributed by atoms with E-state index >= 15 is 0 Å². The third kappa shape index (κ3) is 2.75. The molecule has 2 aromatic carbocycles. The van der Waals surface area contributed by atoms with Gasteiger partial charge >= 0.3 is 5.97 Å². The molecule has 0 saturated carbocycles. The van der Waals surface area contributed by atoms with Gasteiger partial charge < -0.3 is 9.47 Å². The van der Waals surface area contributed by atoms with Gasteiger partial charge in [0.05, 0.1) is 13.7 Å². The number of ether oxygens (including phenoxy) is 2. The highest BCUT2D eigenvalue weighted by atomic mass is 16.5. The normalized spacial score (nSPS) is 19.4. The molecule has 0 spiro atoms. The molecule has 0 aliphatic carbocycles. The Morgan fingerprint density at radius 2 is 1.68 bits per heavy atom. The molecule has 22 heavy (non-hydrogen) atoms. The molecule has 1 atom stereocenters. The number of hydrogen-bond acceptors (Lipinski definition) is 3. The molecule has 0 N–H and O–H groups in total. The van der Waals surface area contributed by atoms with Crippen LogP contribution in [0, 0.1) is 0 Å². The molecule has 112 valence electrons. The third-order valence-electron chi connectivity index (χ3n) is 3.88. The van der Waals surface area contributed by atoms with Gasteiger partial charge in [0.1, 0.15) is 11.3 Å². The molecule has 3 heteroatoms. The Morgan fingerprint density at radius 1 is 1.05 bits per heavy atom. The molecule has 1 fully saturated rings. The molecule has 1 heterocycles. The van der Waals surface area contributed by atoms with Crippen LogP contribution in [0.25, 0.3) is 5.57 Å². The van der Waals surface area contributed by atoms with Gasteiger partial charge in [0, 0.05) is 5.92 Å². The van der Waals surface area contributed by atoms with Crippen molar-refractivity contribution in [3.8, 4) is 0 Å². The highest BCUT2D eigenvalue weighted by Gasteiger charge is 2.31. The SMILES string of the molecule is COC(=O)/C(=C1/OCCC1c1ccccc1)c1ccccc1. The molecule has 3 nitrogen and oxygen atoms in total. The van der Waals surface area contributed by atoms with Crippen LogP contribution in [0.4, 0.5) is 0 Å². The second-order valence-electron chi connectivity index (χ2n) is 5.20. The van der Waals surface area contributed by atoms with Crippen LogP contribution >= 0.6 is 0 Å². The summed E-state index contributed by atoms with van der Waals surface area (Å²) in [5.74, 6) is 0.448. The minimum atomic E-state index is -0.357. The summed E-state index contributed by atoms with van der Waals surface area (Å²) in [5, 5.41) is 0. The standard InChI is InChI=1S/C19H18O3/c1-21-19(20)17(15-10-6-3-7-11-15)18-16(12-13-22-18)14-8-4-2-5-9-14/h2-11,16H,12-13H2,1H3/b18-17+. The van der Waals surface area contributed by atoms with Crippen molar-refractivity contribution < 1.29 is 14.3 Å². The maximum absolute atomic E-state index is 12.3. The topological polar surface area (TPSA) is 35.5 Å². The first-order valence-corrected chi connectivity index (χ1v) is 7.37. The zero-order chi connectivity index (χ0) is 15.4. The number of allylic oxidation sites excluding steroid dienone is 1. The Kier molecular flexibility index (Phi) is 4.24. The van der Waals surface area contributed by atoms with E-state index in [0.717, 1.165) is 17.5 Å². The molecule has 1 saturated heterocycles. The summed E-state index contributed by atoms with van der Waals surface area (Å²) in [6, 6.07) is 19.7. The van der Waals surface area contributed by atoms with Crippen LogP contribution in [-0.2, 0) is 14.3 Å². The Morgan fingerprint density at radius 3 is 2.32 bits per heavy atom. The minimum Gasteiger partial charge on any atom is -0.496 e. The number of carbonyl (C=O) groups is 1. The first kappa shape index (κ1) is 14.4. The summed E-state index contributed by atoms with van der Waals surface area (Å²) >= 11 is 0. The third-order valence-corrected chi connectivity index (χ3v) is 3.88. The lowest BCUT2D eigenvalue weighted by Gasteiger charge is -2.15. The van der Waals surface area contributed by atoms with E-state index in [2.05, 4.69) is 12.1 Å². The number of hydrogen-bond donors (Lipinski definition) is 0. The van der Waals surface area contributed by atoms with Crippen molar-refractivity contribution >= 4 is 11.5 Å². The lowest BCUT2D eigenvalue weighted by atomic mass is 9.91. The van der Waals surface area contributed by atoms with Gasteiger partial charge in [-0.3, -0.25) is 0 Å². The molecular weight excluding hydrogens is 276 g/mol. The van der Waals surface area contributed by atoms with Gasteiger partial charge in [-0.25, -0.2) is 4.79 Å². The number of rotatable bonds is 3. The van der Waals surface area contributed by atoms with E-state index in [4.69, 9.17) is 9.47 Å². The van der Waals surface area contributed by atoms with E-state index in [1.165, 1.54) is 7.11 Å². The smallest absolute Gasteiger partial charge is 0.341 e. The van der Waals surface area contributed by atoms with Crippen LogP contribution in [0.1, 0.15) is 23.5 Å². The van der Waals surface area contributed by atoms with E-state index in [-0.39, 0.29) is 11.9 Å². The number of methoxy groups -OCH3 is 1. The van der Waals surface area contributed by atoms with Crippen molar-refractivity contribution in [1.82, 2.24) is 0 Å². The number of carbonyl (C=O) groups excluding carboxylic acids is 1. The van der Waals surface area contributed by atoms with Crippen molar-refractivity contribution in [3.63, 3.8) is 0 Å². The summed E-state index contributed by atoms with van der Waals surface area (Å²) in [6.45, 7) is 0.613. The van der Waals surface area contributed by atoms with Gasteiger partial charge in [-0.05, 0) is 17.5 Å². The molecular formula is C19H18O3. The monoisotopic (exact) mass is 294 g/mol. The summed E-state index contributed by atoms with van der Waals surface area (Å²) in [5.41, 5.74) is 2.51. The lowest BCUT2D eigenvalue weighted by molar-refractivity contribution is -0.133. The predicted molar refractivity (Wildman–Crippen MR) is 85.1 cm³/mol. The second kappa shape index (κ2) is 6.48. The van der Waals surface area contributed by atoms with Crippen molar-refractivity contribution in [2.75, 3.05) is 13.7 Å². The van der Waals surface area contributed by atoms with Gasteiger partial charge in [0.15, 0.2) is 0 Å². The van der Waals surface area contributed by atoms with E-state index in [9.17, 15) is 4.79 Å². The lowest BCUT2D eigenvalue weighted by Crippen LogP contribution is -2.10. The van der Waals surface area contributed by atoms with Crippen molar-refractivity contribution in [2.24, 2.45) is 0 Å². The molecule has 0 bridgehead atoms. The van der Waals surface area contributed by atoms with Gasteiger partial charge in [-0.1, -0.05) is 60.7 Å². The van der Waals surface area contributed by atoms with Gasteiger partial charge in [-0.2, -0.15) is 0 Å². The van der Waals surface area contributed by atoms with Gasteiger partial charge in [0.2, 0.25) is 0 Å². The predicted octanol–water partition coefficient (Wildman–Crippen LogP) is 3.77. The molecule has 3 rings (SSSR count). The molecule has 1 unspecified atom stereocenters. The Balaban J connectivity index is 2.11.